The van der Waals surface area contributed by atoms with Crippen molar-refractivity contribution in [1.29, 1.82) is 0 Å². The summed E-state index contributed by atoms with van der Waals surface area (Å²) in [6, 6.07) is 8.14. The number of carbonyl (C=O) groups excluding carboxylic acids is 1. The molecule has 0 atom stereocenters. The topological polar surface area (TPSA) is 85.6 Å². The minimum absolute atomic E-state index is 0.0199. The van der Waals surface area contributed by atoms with Crippen LogP contribution in [0.4, 0.5) is 0 Å². The van der Waals surface area contributed by atoms with Crippen LogP contribution in [0.3, 0.4) is 0 Å². The molecule has 0 aliphatic heterocycles. The summed E-state index contributed by atoms with van der Waals surface area (Å²) < 4.78 is 3.13. The molecule has 7 nitrogen and oxygen atoms in total. The van der Waals surface area contributed by atoms with Gasteiger partial charge < -0.3 is 5.32 Å². The van der Waals surface area contributed by atoms with Crippen LogP contribution in [0.5, 0.6) is 0 Å². The Morgan fingerprint density at radius 3 is 2.86 bits per heavy atom. The van der Waals surface area contributed by atoms with Gasteiger partial charge in [0, 0.05) is 29.6 Å². The summed E-state index contributed by atoms with van der Waals surface area (Å²) in [5, 5.41) is 7.72. The maximum atomic E-state index is 12.6. The van der Waals surface area contributed by atoms with Crippen LogP contribution in [0, 0.1) is 0 Å². The molecule has 1 aliphatic carbocycles. The first-order valence-corrected chi connectivity index (χ1v) is 10.6. The number of thiazole rings is 1. The van der Waals surface area contributed by atoms with Crippen molar-refractivity contribution >= 4 is 27.5 Å². The molecule has 4 aromatic rings. The first-order chi connectivity index (χ1) is 14.3. The Labute approximate surface area is 171 Å². The fourth-order valence-electron chi connectivity index (χ4n) is 3.88. The summed E-state index contributed by atoms with van der Waals surface area (Å²) in [4.78, 5) is 25.2. The number of hydrogen-bond acceptors (Lipinski definition) is 6. The zero-order valence-corrected chi connectivity index (χ0v) is 16.5. The van der Waals surface area contributed by atoms with Crippen molar-refractivity contribution in [3.63, 3.8) is 0 Å². The van der Waals surface area contributed by atoms with Gasteiger partial charge in [-0.3, -0.25) is 9.48 Å². The van der Waals surface area contributed by atoms with E-state index in [0.29, 0.717) is 11.6 Å². The lowest BCUT2D eigenvalue weighted by Gasteiger charge is -2.29. The molecule has 1 saturated carbocycles. The van der Waals surface area contributed by atoms with Gasteiger partial charge in [-0.05, 0) is 49.9 Å². The highest BCUT2D eigenvalue weighted by atomic mass is 32.1. The normalized spacial score (nSPS) is 19.3. The van der Waals surface area contributed by atoms with Crippen molar-refractivity contribution < 1.29 is 4.79 Å². The van der Waals surface area contributed by atoms with Crippen molar-refractivity contribution in [3.8, 4) is 11.3 Å². The van der Waals surface area contributed by atoms with Crippen LogP contribution >= 0.6 is 11.3 Å². The summed E-state index contributed by atoms with van der Waals surface area (Å²) in [5.41, 5.74) is 5.24. The molecule has 3 aromatic heterocycles. The number of amides is 1. The second kappa shape index (κ2) is 7.71. The van der Waals surface area contributed by atoms with Gasteiger partial charge in [-0.1, -0.05) is 0 Å². The van der Waals surface area contributed by atoms with E-state index in [-0.39, 0.29) is 11.9 Å². The molecule has 8 heteroatoms. The van der Waals surface area contributed by atoms with E-state index >= 15 is 0 Å². The zero-order valence-electron chi connectivity index (χ0n) is 15.7. The van der Waals surface area contributed by atoms with Crippen molar-refractivity contribution in [1.82, 2.24) is 30.0 Å². The average Bonchev–Trinajstić information content (AvgIpc) is 3.44. The van der Waals surface area contributed by atoms with Crippen LogP contribution in [0.25, 0.3) is 21.5 Å². The van der Waals surface area contributed by atoms with Crippen LogP contribution in [0.2, 0.25) is 0 Å². The number of hydrogen-bond donors (Lipinski definition) is 1. The predicted molar refractivity (Wildman–Crippen MR) is 112 cm³/mol. The zero-order chi connectivity index (χ0) is 19.6. The largest absolute Gasteiger partial charge is 0.349 e. The van der Waals surface area contributed by atoms with E-state index in [2.05, 4.69) is 31.6 Å². The summed E-state index contributed by atoms with van der Waals surface area (Å²) in [5.74, 6) is -0.0199. The molecular weight excluding hydrogens is 384 g/mol. The fraction of sp³-hybridized carbons (Fsp3) is 0.286. The summed E-state index contributed by atoms with van der Waals surface area (Å²) in [6.07, 6.45) is 11.0. The van der Waals surface area contributed by atoms with E-state index in [4.69, 9.17) is 0 Å². The molecule has 0 radical (unpaired) electrons. The molecule has 1 N–H and O–H groups in total. The minimum atomic E-state index is -0.0199. The van der Waals surface area contributed by atoms with E-state index in [0.717, 1.165) is 47.2 Å². The quantitative estimate of drug-likeness (QED) is 0.558. The Morgan fingerprint density at radius 1 is 1.14 bits per heavy atom. The monoisotopic (exact) mass is 404 g/mol. The van der Waals surface area contributed by atoms with Gasteiger partial charge in [0.25, 0.3) is 5.91 Å². The summed E-state index contributed by atoms with van der Waals surface area (Å²) in [7, 11) is 0. The maximum absolute atomic E-state index is 12.6. The molecule has 1 aromatic carbocycles. The van der Waals surface area contributed by atoms with Gasteiger partial charge >= 0.3 is 0 Å². The number of aromatic nitrogens is 5. The summed E-state index contributed by atoms with van der Waals surface area (Å²) in [6.45, 7) is 0. The average molecular weight is 404 g/mol. The summed E-state index contributed by atoms with van der Waals surface area (Å²) >= 11 is 1.58. The van der Waals surface area contributed by atoms with Crippen LogP contribution < -0.4 is 5.32 Å². The Bertz CT molecular complexity index is 1130. The third kappa shape index (κ3) is 3.75. The lowest BCUT2D eigenvalue weighted by molar-refractivity contribution is 0.0922. The van der Waals surface area contributed by atoms with Gasteiger partial charge in [-0.15, -0.1) is 11.3 Å². The minimum Gasteiger partial charge on any atom is -0.349 e. The van der Waals surface area contributed by atoms with Gasteiger partial charge in [0.2, 0.25) is 0 Å². The smallest absolute Gasteiger partial charge is 0.251 e. The van der Waals surface area contributed by atoms with Crippen molar-refractivity contribution in [2.45, 2.75) is 37.8 Å². The molecule has 3 heterocycles. The highest BCUT2D eigenvalue weighted by Gasteiger charge is 2.24. The Balaban J connectivity index is 1.19. The van der Waals surface area contributed by atoms with Gasteiger partial charge in [0.05, 0.1) is 33.7 Å². The molecule has 0 unspecified atom stereocenters. The second-order valence-corrected chi connectivity index (χ2v) is 8.20. The predicted octanol–water partition coefficient (Wildman–Crippen LogP) is 3.86. The Hall–Kier alpha value is -3.13. The SMILES string of the molecule is O=C(NC1CCC(n2cc(-c3ccncn3)cn2)CC1)c1ccc2scnc2c1. The Kier molecular flexibility index (Phi) is 4.77. The first kappa shape index (κ1) is 17.9. The molecule has 146 valence electrons. The number of nitrogens with zero attached hydrogens (tertiary/aromatic N) is 5. The number of rotatable bonds is 4. The second-order valence-electron chi connectivity index (χ2n) is 7.32. The molecule has 0 spiro atoms. The van der Waals surface area contributed by atoms with Gasteiger partial charge in [-0.25, -0.2) is 15.0 Å². The molecule has 0 bridgehead atoms. The fourth-order valence-corrected chi connectivity index (χ4v) is 4.54. The highest BCUT2D eigenvalue weighted by molar-refractivity contribution is 7.16. The standard InChI is InChI=1S/C21H20N6OS/c28-21(14-1-6-20-19(9-14)24-13-29-20)26-16-2-4-17(5-3-16)27-11-15(10-25-27)18-7-8-22-12-23-18/h1,6-13,16-17H,2-5H2,(H,26,28). The first-order valence-electron chi connectivity index (χ1n) is 9.71. The third-order valence-corrected chi connectivity index (χ3v) is 6.29. The molecule has 0 saturated heterocycles. The van der Waals surface area contributed by atoms with Gasteiger partial charge in [-0.2, -0.15) is 5.10 Å². The lowest BCUT2D eigenvalue weighted by atomic mass is 9.91. The molecular formula is C21H20N6OS. The van der Waals surface area contributed by atoms with Gasteiger partial charge in [0.1, 0.15) is 6.33 Å². The van der Waals surface area contributed by atoms with Gasteiger partial charge in [0.15, 0.2) is 0 Å². The van der Waals surface area contributed by atoms with Crippen molar-refractivity contribution in [3.05, 3.63) is 60.3 Å². The van der Waals surface area contributed by atoms with Crippen LogP contribution in [0.15, 0.2) is 54.7 Å². The molecule has 1 amide bonds. The number of fused-ring (bicyclic) bond motifs is 1. The number of carbonyl (C=O) groups is 1. The molecule has 1 fully saturated rings. The Morgan fingerprint density at radius 2 is 2.03 bits per heavy atom. The number of benzene rings is 1. The van der Waals surface area contributed by atoms with E-state index in [1.807, 2.05) is 35.1 Å². The van der Waals surface area contributed by atoms with E-state index in [1.54, 1.807) is 29.4 Å². The van der Waals surface area contributed by atoms with E-state index in [1.165, 1.54) is 0 Å². The lowest BCUT2D eigenvalue weighted by Crippen LogP contribution is -2.38. The maximum Gasteiger partial charge on any atom is 0.251 e. The van der Waals surface area contributed by atoms with E-state index in [9.17, 15) is 4.79 Å². The van der Waals surface area contributed by atoms with Crippen molar-refractivity contribution in [2.75, 3.05) is 0 Å². The molecule has 5 rings (SSSR count). The van der Waals surface area contributed by atoms with Crippen molar-refractivity contribution in [2.24, 2.45) is 0 Å². The van der Waals surface area contributed by atoms with Crippen LogP contribution in [-0.4, -0.2) is 36.7 Å². The highest BCUT2D eigenvalue weighted by Crippen LogP contribution is 2.29. The molecule has 1 aliphatic rings. The third-order valence-electron chi connectivity index (χ3n) is 5.48. The van der Waals surface area contributed by atoms with Crippen LogP contribution in [-0.2, 0) is 0 Å². The van der Waals surface area contributed by atoms with E-state index < -0.39 is 0 Å². The van der Waals surface area contributed by atoms with Crippen LogP contribution in [0.1, 0.15) is 42.1 Å². The molecule has 29 heavy (non-hydrogen) atoms. The number of nitrogens with one attached hydrogen (secondary N) is 1.